The van der Waals surface area contributed by atoms with Gasteiger partial charge in [-0.2, -0.15) is 0 Å². The fourth-order valence-corrected chi connectivity index (χ4v) is 0.848. The van der Waals surface area contributed by atoms with Crippen LogP contribution in [0.3, 0.4) is 0 Å². The minimum absolute atomic E-state index is 0.0140. The summed E-state index contributed by atoms with van der Waals surface area (Å²) in [6.07, 6.45) is 9.53. The first-order chi connectivity index (χ1) is 6.66. The van der Waals surface area contributed by atoms with E-state index in [-0.39, 0.29) is 5.91 Å². The van der Waals surface area contributed by atoms with E-state index >= 15 is 0 Å². The molecule has 0 aliphatic carbocycles. The molecule has 0 rings (SSSR count). The molecule has 0 aromatic rings. The van der Waals surface area contributed by atoms with Crippen molar-refractivity contribution in [1.29, 1.82) is 0 Å². The fraction of sp³-hybridized carbons (Fsp3) is 0.583. The quantitative estimate of drug-likeness (QED) is 0.512. The van der Waals surface area contributed by atoms with Gasteiger partial charge in [-0.15, -0.1) is 0 Å². The first-order valence-electron chi connectivity index (χ1n) is 5.27. The number of nitrogens with one attached hydrogen (secondary N) is 1. The summed E-state index contributed by atoms with van der Waals surface area (Å²) in [5.41, 5.74) is 0. The van der Waals surface area contributed by atoms with E-state index in [4.69, 9.17) is 0 Å². The van der Waals surface area contributed by atoms with E-state index in [1.165, 1.54) is 0 Å². The Morgan fingerprint density at radius 2 is 2.07 bits per heavy atom. The Kier molecular flexibility index (Phi) is 7.90. The molecule has 0 saturated heterocycles. The minimum Gasteiger partial charge on any atom is -0.352 e. The first-order valence-corrected chi connectivity index (χ1v) is 5.27. The molecule has 14 heavy (non-hydrogen) atoms. The standard InChI is InChI=1S/C12H21NO/c1-4-5-6-7-8-9-12(14)13-10-11(2)3/h6-9,11H,4-5,10H2,1-3H3,(H,13,14)/b7-6-,9-8+. The molecule has 0 atom stereocenters. The summed E-state index contributed by atoms with van der Waals surface area (Å²) in [7, 11) is 0. The molecule has 0 aromatic heterocycles. The number of amides is 1. The van der Waals surface area contributed by atoms with Gasteiger partial charge in [-0.1, -0.05) is 45.4 Å². The molecular formula is C12H21NO. The number of rotatable bonds is 6. The molecule has 0 bridgehead atoms. The van der Waals surface area contributed by atoms with E-state index in [0.29, 0.717) is 5.92 Å². The van der Waals surface area contributed by atoms with Crippen LogP contribution in [-0.2, 0) is 4.79 Å². The van der Waals surface area contributed by atoms with Crippen molar-refractivity contribution in [3.8, 4) is 0 Å². The molecule has 0 saturated carbocycles. The van der Waals surface area contributed by atoms with Gasteiger partial charge in [-0.05, 0) is 12.3 Å². The second kappa shape index (κ2) is 8.54. The number of carbonyl (C=O) groups is 1. The van der Waals surface area contributed by atoms with E-state index in [9.17, 15) is 4.79 Å². The van der Waals surface area contributed by atoms with Gasteiger partial charge in [0.1, 0.15) is 0 Å². The van der Waals surface area contributed by atoms with Crippen LogP contribution >= 0.6 is 0 Å². The van der Waals surface area contributed by atoms with Crippen molar-refractivity contribution in [2.45, 2.75) is 33.6 Å². The molecule has 80 valence electrons. The van der Waals surface area contributed by atoms with Crippen LogP contribution in [-0.4, -0.2) is 12.5 Å². The van der Waals surface area contributed by atoms with Crippen molar-refractivity contribution in [3.05, 3.63) is 24.3 Å². The Bertz CT molecular complexity index is 204. The number of carbonyl (C=O) groups excluding carboxylic acids is 1. The Balaban J connectivity index is 3.60. The normalized spacial score (nSPS) is 11.7. The second-order valence-corrected chi connectivity index (χ2v) is 3.71. The van der Waals surface area contributed by atoms with Gasteiger partial charge in [0.05, 0.1) is 0 Å². The van der Waals surface area contributed by atoms with Crippen molar-refractivity contribution in [3.63, 3.8) is 0 Å². The van der Waals surface area contributed by atoms with Gasteiger partial charge >= 0.3 is 0 Å². The maximum atomic E-state index is 11.1. The predicted molar refractivity (Wildman–Crippen MR) is 61.0 cm³/mol. The summed E-state index contributed by atoms with van der Waals surface area (Å²) < 4.78 is 0. The van der Waals surface area contributed by atoms with Gasteiger partial charge in [-0.25, -0.2) is 0 Å². The van der Waals surface area contributed by atoms with Gasteiger partial charge in [0.15, 0.2) is 0 Å². The van der Waals surface area contributed by atoms with Crippen LogP contribution in [0.15, 0.2) is 24.3 Å². The van der Waals surface area contributed by atoms with Crippen LogP contribution < -0.4 is 5.32 Å². The highest BCUT2D eigenvalue weighted by molar-refractivity contribution is 5.87. The first kappa shape index (κ1) is 12.9. The maximum absolute atomic E-state index is 11.1. The smallest absolute Gasteiger partial charge is 0.243 e. The Morgan fingerprint density at radius 3 is 2.64 bits per heavy atom. The van der Waals surface area contributed by atoms with Gasteiger partial charge in [0.25, 0.3) is 0 Å². The molecule has 0 aromatic carbocycles. The third-order valence-electron chi connectivity index (χ3n) is 1.63. The highest BCUT2D eigenvalue weighted by Gasteiger charge is 1.95. The topological polar surface area (TPSA) is 29.1 Å². The molecule has 0 aliphatic rings. The van der Waals surface area contributed by atoms with Crippen LogP contribution in [0.4, 0.5) is 0 Å². The van der Waals surface area contributed by atoms with E-state index in [0.717, 1.165) is 19.4 Å². The van der Waals surface area contributed by atoms with E-state index in [1.54, 1.807) is 12.2 Å². The van der Waals surface area contributed by atoms with Gasteiger partial charge in [0, 0.05) is 12.6 Å². The summed E-state index contributed by atoms with van der Waals surface area (Å²) in [6.45, 7) is 7.02. The van der Waals surface area contributed by atoms with Crippen LogP contribution in [0.25, 0.3) is 0 Å². The molecule has 0 radical (unpaired) electrons. The van der Waals surface area contributed by atoms with Crippen molar-refractivity contribution in [1.82, 2.24) is 5.32 Å². The van der Waals surface area contributed by atoms with Crippen molar-refractivity contribution in [2.75, 3.05) is 6.54 Å². The van der Waals surface area contributed by atoms with Crippen LogP contribution in [0.1, 0.15) is 33.6 Å². The van der Waals surface area contributed by atoms with E-state index in [2.05, 4.69) is 32.2 Å². The minimum atomic E-state index is -0.0140. The third-order valence-corrected chi connectivity index (χ3v) is 1.63. The van der Waals surface area contributed by atoms with Crippen molar-refractivity contribution in [2.24, 2.45) is 5.92 Å². The fourth-order valence-electron chi connectivity index (χ4n) is 0.848. The zero-order chi connectivity index (χ0) is 10.8. The van der Waals surface area contributed by atoms with Crippen LogP contribution in [0.2, 0.25) is 0 Å². The molecule has 2 nitrogen and oxygen atoms in total. The Hall–Kier alpha value is -1.05. The second-order valence-electron chi connectivity index (χ2n) is 3.71. The molecular weight excluding hydrogens is 174 g/mol. The number of hydrogen-bond donors (Lipinski definition) is 1. The van der Waals surface area contributed by atoms with Crippen molar-refractivity contribution < 1.29 is 4.79 Å². The predicted octanol–water partition coefficient (Wildman–Crippen LogP) is 2.67. The monoisotopic (exact) mass is 195 g/mol. The largest absolute Gasteiger partial charge is 0.352 e. The van der Waals surface area contributed by atoms with Gasteiger partial charge < -0.3 is 5.32 Å². The zero-order valence-electron chi connectivity index (χ0n) is 9.42. The van der Waals surface area contributed by atoms with E-state index in [1.807, 2.05) is 6.08 Å². The molecule has 0 aliphatic heterocycles. The number of hydrogen-bond acceptors (Lipinski definition) is 1. The van der Waals surface area contributed by atoms with Crippen LogP contribution in [0, 0.1) is 5.92 Å². The average molecular weight is 195 g/mol. The Morgan fingerprint density at radius 1 is 1.36 bits per heavy atom. The summed E-state index contributed by atoms with van der Waals surface area (Å²) in [4.78, 5) is 11.1. The summed E-state index contributed by atoms with van der Waals surface area (Å²) in [6, 6.07) is 0. The van der Waals surface area contributed by atoms with Crippen molar-refractivity contribution >= 4 is 5.91 Å². The highest BCUT2D eigenvalue weighted by Crippen LogP contribution is 1.89. The summed E-state index contributed by atoms with van der Waals surface area (Å²) in [5.74, 6) is 0.489. The molecule has 1 N–H and O–H groups in total. The SMILES string of the molecule is CCC/C=C\C=C\C(=O)NCC(C)C. The number of allylic oxidation sites excluding steroid dienone is 3. The lowest BCUT2D eigenvalue weighted by Gasteiger charge is -2.03. The Labute approximate surface area is 87.1 Å². The van der Waals surface area contributed by atoms with Gasteiger partial charge in [0.2, 0.25) is 5.91 Å². The molecule has 1 amide bonds. The third kappa shape index (κ3) is 9.04. The highest BCUT2D eigenvalue weighted by atomic mass is 16.1. The molecule has 0 unspecified atom stereocenters. The number of unbranched alkanes of at least 4 members (excludes halogenated alkanes) is 1. The lowest BCUT2D eigenvalue weighted by atomic mass is 10.2. The summed E-state index contributed by atoms with van der Waals surface area (Å²) >= 11 is 0. The van der Waals surface area contributed by atoms with Gasteiger partial charge in [-0.3, -0.25) is 4.79 Å². The average Bonchev–Trinajstić information content (AvgIpc) is 2.14. The molecule has 0 heterocycles. The molecule has 2 heteroatoms. The maximum Gasteiger partial charge on any atom is 0.243 e. The summed E-state index contributed by atoms with van der Waals surface area (Å²) in [5, 5.41) is 2.81. The van der Waals surface area contributed by atoms with Crippen LogP contribution in [0.5, 0.6) is 0 Å². The zero-order valence-corrected chi connectivity index (χ0v) is 9.42. The molecule has 0 fully saturated rings. The lowest BCUT2D eigenvalue weighted by molar-refractivity contribution is -0.116. The van der Waals surface area contributed by atoms with E-state index < -0.39 is 0 Å². The molecule has 0 spiro atoms. The lowest BCUT2D eigenvalue weighted by Crippen LogP contribution is -2.25.